The van der Waals surface area contributed by atoms with E-state index in [1.807, 2.05) is 31.2 Å². The topological polar surface area (TPSA) is 23.8 Å². The molecule has 1 nitrogen and oxygen atoms in total. The fraction of sp³-hybridized carbons (Fsp3) is 0.526. The number of aryl methyl sites for hydroxylation is 1. The summed E-state index contributed by atoms with van der Waals surface area (Å²) in [6, 6.07) is 10.3. The second-order valence-electron chi connectivity index (χ2n) is 6.68. The van der Waals surface area contributed by atoms with E-state index < -0.39 is 5.92 Å². The Morgan fingerprint density at radius 1 is 1.10 bits per heavy atom. The highest BCUT2D eigenvalue weighted by molar-refractivity contribution is 5.69. The van der Waals surface area contributed by atoms with Gasteiger partial charge in [-0.3, -0.25) is 0 Å². The summed E-state index contributed by atoms with van der Waals surface area (Å²) in [5.41, 5.74) is 2.79. The van der Waals surface area contributed by atoms with Gasteiger partial charge in [-0.05, 0) is 49.2 Å². The summed E-state index contributed by atoms with van der Waals surface area (Å²) in [5, 5.41) is 9.56. The summed E-state index contributed by atoms with van der Waals surface area (Å²) < 4.78 is 15.0. The Bertz CT molecular complexity index is 585. The summed E-state index contributed by atoms with van der Waals surface area (Å²) in [5.74, 6) is -0.697. The molecule has 0 N–H and O–H groups in total. The first kappa shape index (κ1) is 14.3. The average molecular weight is 283 g/mol. The summed E-state index contributed by atoms with van der Waals surface area (Å²) in [7, 11) is 0. The summed E-state index contributed by atoms with van der Waals surface area (Å²) >= 11 is 0. The summed E-state index contributed by atoms with van der Waals surface area (Å²) in [4.78, 5) is 0. The molecule has 21 heavy (non-hydrogen) atoms. The molecule has 0 unspecified atom stereocenters. The Kier molecular flexibility index (Phi) is 3.85. The molecular formula is C19H22FN. The van der Waals surface area contributed by atoms with Crippen LogP contribution in [0.2, 0.25) is 0 Å². The van der Waals surface area contributed by atoms with Gasteiger partial charge in [-0.2, -0.15) is 5.26 Å². The lowest BCUT2D eigenvalue weighted by molar-refractivity contribution is 0.115. The second-order valence-corrected chi connectivity index (χ2v) is 6.68. The van der Waals surface area contributed by atoms with Crippen LogP contribution in [0.25, 0.3) is 5.57 Å². The summed E-state index contributed by atoms with van der Waals surface area (Å²) in [6.45, 7) is 2.03. The standard InChI is InChI=1S/C19H22FN/c1-14-5-7-15(8-6-14)16-9-12-19(10-3-2-4-11-19)17(13-21)18(16)20/h5-8,17H,2-4,9-12H2,1H3/t17-/m1/s1. The fourth-order valence-corrected chi connectivity index (χ4v) is 4.11. The van der Waals surface area contributed by atoms with Crippen molar-refractivity contribution in [3.8, 4) is 6.07 Å². The normalized spacial score (nSPS) is 24.9. The molecule has 1 atom stereocenters. The van der Waals surface area contributed by atoms with Gasteiger partial charge in [0, 0.05) is 0 Å². The molecule has 0 aliphatic heterocycles. The first-order valence-corrected chi connectivity index (χ1v) is 8.01. The van der Waals surface area contributed by atoms with Gasteiger partial charge in [0.15, 0.2) is 0 Å². The maximum Gasteiger partial charge on any atom is 0.121 e. The van der Waals surface area contributed by atoms with Gasteiger partial charge >= 0.3 is 0 Å². The minimum absolute atomic E-state index is 0.0920. The van der Waals surface area contributed by atoms with E-state index in [0.717, 1.165) is 49.7 Å². The highest BCUT2D eigenvalue weighted by atomic mass is 19.1. The molecule has 2 aliphatic carbocycles. The number of halogens is 1. The van der Waals surface area contributed by atoms with Gasteiger partial charge in [-0.25, -0.2) is 4.39 Å². The number of nitrogens with zero attached hydrogens (tertiary/aromatic N) is 1. The first-order chi connectivity index (χ1) is 10.2. The van der Waals surface area contributed by atoms with Crippen molar-refractivity contribution in [2.45, 2.75) is 51.9 Å². The van der Waals surface area contributed by atoms with Crippen molar-refractivity contribution in [3.63, 3.8) is 0 Å². The van der Waals surface area contributed by atoms with E-state index in [9.17, 15) is 9.65 Å². The van der Waals surface area contributed by atoms with Crippen molar-refractivity contribution < 1.29 is 4.39 Å². The molecule has 2 heteroatoms. The monoisotopic (exact) mass is 283 g/mol. The minimum Gasteiger partial charge on any atom is -0.210 e. The number of benzene rings is 1. The van der Waals surface area contributed by atoms with Crippen LogP contribution in [-0.2, 0) is 0 Å². The maximum absolute atomic E-state index is 15.0. The van der Waals surface area contributed by atoms with Crippen molar-refractivity contribution in [2.75, 3.05) is 0 Å². The van der Waals surface area contributed by atoms with Crippen LogP contribution in [0, 0.1) is 29.6 Å². The van der Waals surface area contributed by atoms with Crippen LogP contribution in [0.1, 0.15) is 56.1 Å². The highest BCUT2D eigenvalue weighted by Gasteiger charge is 2.45. The lowest BCUT2D eigenvalue weighted by Crippen LogP contribution is -2.35. The zero-order valence-electron chi connectivity index (χ0n) is 12.7. The molecule has 1 aromatic carbocycles. The third kappa shape index (κ3) is 2.50. The Morgan fingerprint density at radius 3 is 2.38 bits per heavy atom. The molecule has 0 amide bonds. The molecule has 1 aromatic rings. The van der Waals surface area contributed by atoms with Crippen molar-refractivity contribution >= 4 is 5.57 Å². The molecule has 0 bridgehead atoms. The maximum atomic E-state index is 15.0. The van der Waals surface area contributed by atoms with E-state index >= 15 is 0 Å². The van der Waals surface area contributed by atoms with Gasteiger partial charge in [0.2, 0.25) is 0 Å². The molecule has 110 valence electrons. The Hall–Kier alpha value is -1.62. The molecule has 1 fully saturated rings. The first-order valence-electron chi connectivity index (χ1n) is 8.01. The molecular weight excluding hydrogens is 261 g/mol. The number of allylic oxidation sites excluding steroid dienone is 2. The zero-order valence-corrected chi connectivity index (χ0v) is 12.7. The van der Waals surface area contributed by atoms with Crippen molar-refractivity contribution in [1.82, 2.24) is 0 Å². The van der Waals surface area contributed by atoms with E-state index in [4.69, 9.17) is 0 Å². The van der Waals surface area contributed by atoms with Crippen molar-refractivity contribution in [1.29, 1.82) is 5.26 Å². The number of nitriles is 1. The number of rotatable bonds is 1. The lowest BCUT2D eigenvalue weighted by atomic mass is 9.60. The quantitative estimate of drug-likeness (QED) is 0.662. The predicted molar refractivity (Wildman–Crippen MR) is 83.1 cm³/mol. The zero-order chi connectivity index (χ0) is 14.9. The van der Waals surface area contributed by atoms with E-state index in [-0.39, 0.29) is 11.2 Å². The van der Waals surface area contributed by atoms with Crippen LogP contribution in [0.5, 0.6) is 0 Å². The van der Waals surface area contributed by atoms with E-state index in [0.29, 0.717) is 0 Å². The van der Waals surface area contributed by atoms with Gasteiger partial charge < -0.3 is 0 Å². The molecule has 3 rings (SSSR count). The number of hydrogen-bond acceptors (Lipinski definition) is 1. The van der Waals surface area contributed by atoms with Crippen molar-refractivity contribution in [2.24, 2.45) is 11.3 Å². The molecule has 0 saturated heterocycles. The molecule has 0 aromatic heterocycles. The third-order valence-corrected chi connectivity index (χ3v) is 5.41. The van der Waals surface area contributed by atoms with Crippen LogP contribution in [-0.4, -0.2) is 0 Å². The van der Waals surface area contributed by atoms with Crippen LogP contribution in [0.15, 0.2) is 30.1 Å². The van der Waals surface area contributed by atoms with Gasteiger partial charge in [0.1, 0.15) is 11.7 Å². The van der Waals surface area contributed by atoms with E-state index in [1.165, 1.54) is 12.0 Å². The van der Waals surface area contributed by atoms with E-state index in [1.54, 1.807) is 0 Å². The molecule has 1 spiro atoms. The number of hydrogen-bond donors (Lipinski definition) is 0. The van der Waals surface area contributed by atoms with Gasteiger partial charge in [0.05, 0.1) is 6.07 Å². The molecule has 0 heterocycles. The Morgan fingerprint density at radius 2 is 1.76 bits per heavy atom. The van der Waals surface area contributed by atoms with E-state index in [2.05, 4.69) is 6.07 Å². The Labute approximate surface area is 126 Å². The highest BCUT2D eigenvalue weighted by Crippen LogP contribution is 2.54. The van der Waals surface area contributed by atoms with Gasteiger partial charge in [0.25, 0.3) is 0 Å². The fourth-order valence-electron chi connectivity index (χ4n) is 4.11. The molecule has 0 radical (unpaired) electrons. The molecule has 1 saturated carbocycles. The summed E-state index contributed by atoms with van der Waals surface area (Å²) in [6.07, 6.45) is 7.28. The molecule has 2 aliphatic rings. The minimum atomic E-state index is -0.539. The van der Waals surface area contributed by atoms with Crippen molar-refractivity contribution in [3.05, 3.63) is 41.2 Å². The average Bonchev–Trinajstić information content (AvgIpc) is 2.50. The van der Waals surface area contributed by atoms with Crippen LogP contribution in [0.4, 0.5) is 4.39 Å². The van der Waals surface area contributed by atoms with Gasteiger partial charge in [-0.1, -0.05) is 49.1 Å². The Balaban J connectivity index is 1.98. The van der Waals surface area contributed by atoms with Crippen LogP contribution < -0.4 is 0 Å². The van der Waals surface area contributed by atoms with Crippen LogP contribution in [0.3, 0.4) is 0 Å². The predicted octanol–water partition coefficient (Wildman–Crippen LogP) is 5.56. The second kappa shape index (κ2) is 5.64. The SMILES string of the molecule is Cc1ccc(C2=C(F)[C@@H](C#N)C3(CCCCC3)CC2)cc1. The smallest absolute Gasteiger partial charge is 0.121 e. The van der Waals surface area contributed by atoms with Crippen LogP contribution >= 0.6 is 0 Å². The van der Waals surface area contributed by atoms with Gasteiger partial charge in [-0.15, -0.1) is 0 Å². The lowest BCUT2D eigenvalue weighted by Gasteiger charge is -2.43. The third-order valence-electron chi connectivity index (χ3n) is 5.41. The largest absolute Gasteiger partial charge is 0.210 e.